The van der Waals surface area contributed by atoms with Crippen LogP contribution in [0.5, 0.6) is 5.75 Å². The largest absolute Gasteiger partial charge is 0.490 e. The first-order chi connectivity index (χ1) is 13.0. The molecule has 3 rings (SSSR count). The van der Waals surface area contributed by atoms with Gasteiger partial charge in [0, 0.05) is 18.7 Å². The third-order valence-corrected chi connectivity index (χ3v) is 5.50. The van der Waals surface area contributed by atoms with E-state index in [2.05, 4.69) is 0 Å². The quantitative estimate of drug-likeness (QED) is 0.445. The Labute approximate surface area is 157 Å². The van der Waals surface area contributed by atoms with Gasteiger partial charge in [0.05, 0.1) is 17.6 Å². The zero-order chi connectivity index (χ0) is 19.4. The molecule has 1 saturated carbocycles. The van der Waals surface area contributed by atoms with Crippen molar-refractivity contribution in [3.8, 4) is 5.75 Å². The molecule has 1 aromatic carbocycles. The maximum absolute atomic E-state index is 12.6. The fraction of sp³-hybridized carbons (Fsp3) is 0.579. The fourth-order valence-corrected chi connectivity index (χ4v) is 4.19. The zero-order valence-electron chi connectivity index (χ0n) is 15.4. The Morgan fingerprint density at radius 3 is 2.70 bits per heavy atom. The van der Waals surface area contributed by atoms with Gasteiger partial charge in [-0.25, -0.2) is 4.79 Å². The third-order valence-electron chi connectivity index (χ3n) is 5.50. The van der Waals surface area contributed by atoms with Gasteiger partial charge in [-0.3, -0.25) is 14.9 Å². The van der Waals surface area contributed by atoms with Crippen molar-refractivity contribution in [1.29, 1.82) is 0 Å². The van der Waals surface area contributed by atoms with E-state index in [1.54, 1.807) is 0 Å². The molecule has 1 aliphatic carbocycles. The minimum atomic E-state index is -0.758. The number of ether oxygens (including phenoxy) is 2. The van der Waals surface area contributed by atoms with Gasteiger partial charge in [0.25, 0.3) is 5.91 Å². The summed E-state index contributed by atoms with van der Waals surface area (Å²) >= 11 is 0. The molecule has 8 nitrogen and oxygen atoms in total. The molecule has 0 radical (unpaired) electrons. The number of hydrogen-bond acceptors (Lipinski definition) is 6. The number of rotatable bonds is 5. The Kier molecular flexibility index (Phi) is 5.93. The number of nitrogens with zero attached hydrogens (tertiary/aromatic N) is 2. The highest BCUT2D eigenvalue weighted by molar-refractivity contribution is 5.92. The number of likely N-dealkylation sites (tertiary alicyclic amines) is 1. The van der Waals surface area contributed by atoms with Gasteiger partial charge in [-0.2, -0.15) is 0 Å². The molecule has 1 aromatic rings. The van der Waals surface area contributed by atoms with E-state index in [1.807, 2.05) is 4.90 Å². The van der Waals surface area contributed by atoms with Crippen molar-refractivity contribution >= 4 is 17.6 Å². The van der Waals surface area contributed by atoms with Gasteiger partial charge in [0.2, 0.25) is 0 Å². The first-order valence-electron chi connectivity index (χ1n) is 9.30. The van der Waals surface area contributed by atoms with Crippen molar-refractivity contribution in [1.82, 2.24) is 4.90 Å². The average molecular weight is 376 g/mol. The van der Waals surface area contributed by atoms with Crippen molar-refractivity contribution in [3.05, 3.63) is 33.9 Å². The minimum Gasteiger partial charge on any atom is -0.490 e. The summed E-state index contributed by atoms with van der Waals surface area (Å²) in [6, 6.07) is 4.08. The number of nitro benzene ring substituents is 1. The van der Waals surface area contributed by atoms with E-state index in [1.165, 1.54) is 25.7 Å². The molecule has 1 heterocycles. The predicted molar refractivity (Wildman–Crippen MR) is 96.6 cm³/mol. The van der Waals surface area contributed by atoms with E-state index in [0.717, 1.165) is 38.2 Å². The van der Waals surface area contributed by atoms with Gasteiger partial charge in [-0.1, -0.05) is 12.8 Å². The maximum Gasteiger partial charge on any atom is 0.338 e. The van der Waals surface area contributed by atoms with Crippen LogP contribution in [0, 0.1) is 16.0 Å². The smallest absolute Gasteiger partial charge is 0.338 e. The minimum absolute atomic E-state index is 0.0180. The van der Waals surface area contributed by atoms with Gasteiger partial charge >= 0.3 is 11.7 Å². The second kappa shape index (κ2) is 8.37. The summed E-state index contributed by atoms with van der Waals surface area (Å²) < 4.78 is 10.1. The summed E-state index contributed by atoms with van der Waals surface area (Å²) in [6.07, 6.45) is 6.64. The van der Waals surface area contributed by atoms with E-state index in [4.69, 9.17) is 9.47 Å². The zero-order valence-corrected chi connectivity index (χ0v) is 15.4. The number of carbonyl (C=O) groups is 2. The second-order valence-corrected chi connectivity index (χ2v) is 7.06. The average Bonchev–Trinajstić information content (AvgIpc) is 2.70. The van der Waals surface area contributed by atoms with Crippen LogP contribution < -0.4 is 4.74 Å². The van der Waals surface area contributed by atoms with Crippen molar-refractivity contribution in [2.24, 2.45) is 5.92 Å². The Balaban J connectivity index is 1.62. The van der Waals surface area contributed by atoms with Crippen LogP contribution in [0.2, 0.25) is 0 Å². The molecular formula is C19H24N2O6. The lowest BCUT2D eigenvalue weighted by atomic mass is 9.78. The van der Waals surface area contributed by atoms with Crippen LogP contribution in [-0.4, -0.2) is 48.0 Å². The molecule has 8 heteroatoms. The van der Waals surface area contributed by atoms with Crippen LogP contribution in [0.1, 0.15) is 48.9 Å². The Hall–Kier alpha value is -2.64. The number of benzene rings is 1. The van der Waals surface area contributed by atoms with Crippen molar-refractivity contribution in [3.63, 3.8) is 0 Å². The Morgan fingerprint density at radius 2 is 1.96 bits per heavy atom. The third kappa shape index (κ3) is 4.20. The summed E-state index contributed by atoms with van der Waals surface area (Å²) in [5.41, 5.74) is -0.302. The molecule has 1 saturated heterocycles. The van der Waals surface area contributed by atoms with Crippen LogP contribution >= 0.6 is 0 Å². The van der Waals surface area contributed by atoms with E-state index in [0.29, 0.717) is 12.5 Å². The fourth-order valence-electron chi connectivity index (χ4n) is 4.19. The molecule has 27 heavy (non-hydrogen) atoms. The summed E-state index contributed by atoms with van der Waals surface area (Å²) in [4.78, 5) is 37.1. The second-order valence-electron chi connectivity index (χ2n) is 7.06. The molecule has 1 aliphatic heterocycles. The van der Waals surface area contributed by atoms with Crippen LogP contribution in [0.15, 0.2) is 18.2 Å². The summed E-state index contributed by atoms with van der Waals surface area (Å²) in [6.45, 7) is 0.355. The number of amides is 1. The highest BCUT2D eigenvalue weighted by Gasteiger charge is 2.35. The standard InChI is InChI=1S/C19H24N2O6/c1-26-17-9-8-14(11-16(17)21(24)25)19(23)27-12-18(22)20-10-4-6-13-5-2-3-7-15(13)20/h8-9,11,13,15H,2-7,10,12H2,1H3/t13-,15+/m0/s1. The molecule has 0 aromatic heterocycles. The molecule has 2 fully saturated rings. The van der Waals surface area contributed by atoms with Crippen molar-refractivity contribution < 1.29 is 24.0 Å². The lowest BCUT2D eigenvalue weighted by Gasteiger charge is -2.44. The maximum atomic E-state index is 12.6. The number of piperidine rings is 1. The molecule has 0 N–H and O–H groups in total. The van der Waals surface area contributed by atoms with Crippen molar-refractivity contribution in [2.45, 2.75) is 44.6 Å². The van der Waals surface area contributed by atoms with Crippen LogP contribution in [-0.2, 0) is 9.53 Å². The first kappa shape index (κ1) is 19.1. The van der Waals surface area contributed by atoms with E-state index in [-0.39, 0.29) is 35.6 Å². The SMILES string of the molecule is COc1ccc(C(=O)OCC(=O)N2CCC[C@@H]3CCCC[C@H]32)cc1[N+](=O)[O-]. The highest BCUT2D eigenvalue weighted by Crippen LogP contribution is 2.35. The van der Waals surface area contributed by atoms with Crippen LogP contribution in [0.3, 0.4) is 0 Å². The molecule has 2 atom stereocenters. The molecular weight excluding hydrogens is 352 g/mol. The highest BCUT2D eigenvalue weighted by atomic mass is 16.6. The summed E-state index contributed by atoms with van der Waals surface area (Å²) in [7, 11) is 1.32. The van der Waals surface area contributed by atoms with E-state index in [9.17, 15) is 19.7 Å². The van der Waals surface area contributed by atoms with Gasteiger partial charge in [-0.15, -0.1) is 0 Å². The molecule has 0 unspecified atom stereocenters. The van der Waals surface area contributed by atoms with Gasteiger partial charge in [0.15, 0.2) is 12.4 Å². The van der Waals surface area contributed by atoms with Gasteiger partial charge in [0.1, 0.15) is 0 Å². The monoisotopic (exact) mass is 376 g/mol. The Bertz CT molecular complexity index is 733. The summed E-state index contributed by atoms with van der Waals surface area (Å²) in [5, 5.41) is 11.1. The summed E-state index contributed by atoms with van der Waals surface area (Å²) in [5.74, 6) is -0.338. The molecule has 0 bridgehead atoms. The Morgan fingerprint density at radius 1 is 1.22 bits per heavy atom. The normalized spacial score (nSPS) is 21.9. The van der Waals surface area contributed by atoms with Crippen molar-refractivity contribution in [2.75, 3.05) is 20.3 Å². The lowest BCUT2D eigenvalue weighted by molar-refractivity contribution is -0.385. The molecule has 1 amide bonds. The molecule has 0 spiro atoms. The van der Waals surface area contributed by atoms with Crippen LogP contribution in [0.4, 0.5) is 5.69 Å². The number of methoxy groups -OCH3 is 1. The number of nitro groups is 1. The first-order valence-corrected chi connectivity index (χ1v) is 9.30. The topological polar surface area (TPSA) is 99.0 Å². The van der Waals surface area contributed by atoms with Crippen LogP contribution in [0.25, 0.3) is 0 Å². The number of carbonyl (C=O) groups excluding carboxylic acids is 2. The lowest BCUT2D eigenvalue weighted by Crippen LogP contribution is -2.50. The van der Waals surface area contributed by atoms with Gasteiger partial charge < -0.3 is 14.4 Å². The van der Waals surface area contributed by atoms with Gasteiger partial charge in [-0.05, 0) is 43.7 Å². The number of fused-ring (bicyclic) bond motifs is 1. The molecule has 2 aliphatic rings. The van der Waals surface area contributed by atoms with E-state index < -0.39 is 10.9 Å². The number of hydrogen-bond donors (Lipinski definition) is 0. The van der Waals surface area contributed by atoms with E-state index >= 15 is 0 Å². The predicted octanol–water partition coefficient (Wildman–Crippen LogP) is 2.94. The molecule has 146 valence electrons. The number of esters is 1.